The van der Waals surface area contributed by atoms with Crippen LogP contribution in [0.5, 0.6) is 0 Å². The van der Waals surface area contributed by atoms with Crippen molar-refractivity contribution in [3.05, 3.63) is 42.1 Å². The zero-order chi connectivity index (χ0) is 17.4. The Labute approximate surface area is 146 Å². The molecule has 1 amide bonds. The number of carbonyl (C=O) groups excluding carboxylic acids is 1. The molecule has 2 N–H and O–H groups in total. The van der Waals surface area contributed by atoms with Crippen LogP contribution in [0, 0.1) is 17.8 Å². The first kappa shape index (κ1) is 16.1. The van der Waals surface area contributed by atoms with Gasteiger partial charge in [0.1, 0.15) is 0 Å². The summed E-state index contributed by atoms with van der Waals surface area (Å²) >= 11 is 0. The van der Waals surface area contributed by atoms with E-state index in [-0.39, 0.29) is 23.8 Å². The van der Waals surface area contributed by atoms with E-state index in [4.69, 9.17) is 0 Å². The number of para-hydroxylation sites is 1. The minimum Gasteiger partial charge on any atom is -0.481 e. The van der Waals surface area contributed by atoms with Crippen molar-refractivity contribution in [2.24, 2.45) is 17.8 Å². The van der Waals surface area contributed by atoms with Gasteiger partial charge in [0.25, 0.3) is 0 Å². The maximum atomic E-state index is 12.3. The summed E-state index contributed by atoms with van der Waals surface area (Å²) in [5, 5.41) is 13.4. The molecule has 2 saturated carbocycles. The van der Waals surface area contributed by atoms with Crippen molar-refractivity contribution in [3.8, 4) is 0 Å². The van der Waals surface area contributed by atoms with Gasteiger partial charge in [0.05, 0.1) is 11.4 Å². The van der Waals surface area contributed by atoms with Crippen LogP contribution in [-0.2, 0) is 16.0 Å². The highest BCUT2D eigenvalue weighted by Gasteiger charge is 2.48. The first-order valence-electron chi connectivity index (χ1n) is 8.97. The van der Waals surface area contributed by atoms with Gasteiger partial charge in [0.15, 0.2) is 0 Å². The summed E-state index contributed by atoms with van der Waals surface area (Å²) in [4.78, 5) is 28.1. The van der Waals surface area contributed by atoms with E-state index in [0.29, 0.717) is 25.2 Å². The van der Waals surface area contributed by atoms with Crippen LogP contribution in [0.3, 0.4) is 0 Å². The molecule has 5 nitrogen and oxygen atoms in total. The van der Waals surface area contributed by atoms with Gasteiger partial charge >= 0.3 is 5.97 Å². The molecule has 2 aromatic rings. The second-order valence-electron chi connectivity index (χ2n) is 7.34. The Kier molecular flexibility index (Phi) is 4.15. The lowest BCUT2D eigenvalue weighted by Crippen LogP contribution is -2.40. The highest BCUT2D eigenvalue weighted by atomic mass is 16.4. The number of aromatic nitrogens is 1. The Morgan fingerprint density at radius 1 is 1.08 bits per heavy atom. The molecule has 2 fully saturated rings. The van der Waals surface area contributed by atoms with Crippen LogP contribution in [0.15, 0.2) is 36.4 Å². The maximum absolute atomic E-state index is 12.3. The Morgan fingerprint density at radius 2 is 1.92 bits per heavy atom. The second-order valence-corrected chi connectivity index (χ2v) is 7.34. The molecular formula is C20H22N2O3. The molecular weight excluding hydrogens is 316 g/mol. The van der Waals surface area contributed by atoms with Gasteiger partial charge in [-0.15, -0.1) is 0 Å². The normalized spacial score (nSPS) is 27.5. The lowest BCUT2D eigenvalue weighted by atomic mass is 9.86. The molecule has 2 aliphatic carbocycles. The van der Waals surface area contributed by atoms with Crippen LogP contribution in [0.2, 0.25) is 0 Å². The summed E-state index contributed by atoms with van der Waals surface area (Å²) in [5.41, 5.74) is 1.88. The summed E-state index contributed by atoms with van der Waals surface area (Å²) in [7, 11) is 0. The Hall–Kier alpha value is -2.43. The molecule has 0 radical (unpaired) electrons. The molecule has 0 unspecified atom stereocenters. The Balaban J connectivity index is 1.30. The summed E-state index contributed by atoms with van der Waals surface area (Å²) in [6.07, 6.45) is 3.49. The number of carboxylic acid groups (broad SMARTS) is 1. The van der Waals surface area contributed by atoms with Gasteiger partial charge < -0.3 is 10.4 Å². The molecule has 2 aliphatic rings. The molecule has 4 rings (SSSR count). The summed E-state index contributed by atoms with van der Waals surface area (Å²) in [6, 6.07) is 12.1. The molecule has 5 heteroatoms. The lowest BCUT2D eigenvalue weighted by molar-refractivity contribution is -0.143. The first-order chi connectivity index (χ1) is 12.1. The third-order valence-corrected chi connectivity index (χ3v) is 5.78. The number of fused-ring (bicyclic) bond motifs is 3. The van der Waals surface area contributed by atoms with Crippen molar-refractivity contribution >= 4 is 22.8 Å². The number of carboxylic acids is 1. The van der Waals surface area contributed by atoms with E-state index in [1.54, 1.807) is 0 Å². The van der Waals surface area contributed by atoms with Crippen LogP contribution in [0.4, 0.5) is 0 Å². The van der Waals surface area contributed by atoms with Crippen LogP contribution in [0.1, 0.15) is 31.4 Å². The number of pyridine rings is 1. The number of rotatable bonds is 5. The number of hydrogen-bond donors (Lipinski definition) is 2. The highest BCUT2D eigenvalue weighted by molar-refractivity contribution is 5.79. The maximum Gasteiger partial charge on any atom is 0.306 e. The number of amides is 1. The van der Waals surface area contributed by atoms with Gasteiger partial charge in [-0.25, -0.2) is 0 Å². The molecule has 2 bridgehead atoms. The number of benzene rings is 1. The monoisotopic (exact) mass is 338 g/mol. The molecule has 0 spiro atoms. The van der Waals surface area contributed by atoms with Crippen molar-refractivity contribution < 1.29 is 14.7 Å². The van der Waals surface area contributed by atoms with Gasteiger partial charge in [-0.2, -0.15) is 0 Å². The fourth-order valence-electron chi connectivity index (χ4n) is 4.52. The van der Waals surface area contributed by atoms with Crippen LogP contribution in [0.25, 0.3) is 10.9 Å². The Morgan fingerprint density at radius 3 is 2.68 bits per heavy atom. The topological polar surface area (TPSA) is 79.3 Å². The quantitative estimate of drug-likeness (QED) is 0.878. The van der Waals surface area contributed by atoms with Crippen molar-refractivity contribution in [1.29, 1.82) is 0 Å². The number of aliphatic carboxylic acids is 1. The smallest absolute Gasteiger partial charge is 0.306 e. The van der Waals surface area contributed by atoms with Crippen molar-refractivity contribution in [2.75, 3.05) is 0 Å². The summed E-state index contributed by atoms with van der Waals surface area (Å²) in [5.74, 6) is -0.289. The molecule has 1 aromatic heterocycles. The van der Waals surface area contributed by atoms with E-state index >= 15 is 0 Å². The average Bonchev–Trinajstić information content (AvgIpc) is 3.20. The number of nitrogens with one attached hydrogen (secondary N) is 1. The summed E-state index contributed by atoms with van der Waals surface area (Å²) in [6.45, 7) is 0. The number of hydrogen-bond acceptors (Lipinski definition) is 3. The van der Waals surface area contributed by atoms with Gasteiger partial charge in [-0.05, 0) is 49.7 Å². The Bertz CT molecular complexity index is 819. The zero-order valence-electron chi connectivity index (χ0n) is 14.0. The van der Waals surface area contributed by atoms with Crippen molar-refractivity contribution in [2.45, 2.75) is 38.1 Å². The highest BCUT2D eigenvalue weighted by Crippen LogP contribution is 2.48. The fraction of sp³-hybridized carbons (Fsp3) is 0.450. The molecule has 1 aromatic carbocycles. The molecule has 0 aliphatic heterocycles. The first-order valence-corrected chi connectivity index (χ1v) is 8.97. The van der Waals surface area contributed by atoms with E-state index in [9.17, 15) is 14.7 Å². The third kappa shape index (κ3) is 3.23. The number of carbonyl (C=O) groups is 2. The van der Waals surface area contributed by atoms with Crippen molar-refractivity contribution in [3.63, 3.8) is 0 Å². The average molecular weight is 338 g/mol. The SMILES string of the molecule is O=C(CCc1ccc2ccccc2n1)N[C@@H]1C[C@H]2C[C@@H]1C[C@H]2C(=O)O. The van der Waals surface area contributed by atoms with Gasteiger partial charge in [-0.1, -0.05) is 24.3 Å². The largest absolute Gasteiger partial charge is 0.481 e. The molecule has 1 heterocycles. The number of aryl methyl sites for hydroxylation is 1. The zero-order valence-corrected chi connectivity index (χ0v) is 14.0. The molecule has 4 atom stereocenters. The van der Waals surface area contributed by atoms with Crippen LogP contribution >= 0.6 is 0 Å². The lowest BCUT2D eigenvalue weighted by Gasteiger charge is -2.26. The van der Waals surface area contributed by atoms with E-state index in [2.05, 4.69) is 10.3 Å². The fourth-order valence-corrected chi connectivity index (χ4v) is 4.52. The van der Waals surface area contributed by atoms with E-state index in [1.807, 2.05) is 36.4 Å². The third-order valence-electron chi connectivity index (χ3n) is 5.78. The minimum atomic E-state index is -0.681. The van der Waals surface area contributed by atoms with E-state index in [0.717, 1.165) is 29.4 Å². The van der Waals surface area contributed by atoms with E-state index < -0.39 is 5.97 Å². The molecule has 0 saturated heterocycles. The molecule has 130 valence electrons. The minimum absolute atomic E-state index is 0.0411. The summed E-state index contributed by atoms with van der Waals surface area (Å²) < 4.78 is 0. The van der Waals surface area contributed by atoms with Crippen molar-refractivity contribution in [1.82, 2.24) is 10.3 Å². The van der Waals surface area contributed by atoms with Gasteiger partial charge in [0.2, 0.25) is 5.91 Å². The van der Waals surface area contributed by atoms with E-state index in [1.165, 1.54) is 0 Å². The van der Waals surface area contributed by atoms with Crippen LogP contribution < -0.4 is 5.32 Å². The van der Waals surface area contributed by atoms with Gasteiger partial charge in [-0.3, -0.25) is 14.6 Å². The predicted octanol–water partition coefficient (Wildman–Crippen LogP) is 2.78. The second kappa shape index (κ2) is 6.47. The predicted molar refractivity (Wildman–Crippen MR) is 94.0 cm³/mol. The molecule has 25 heavy (non-hydrogen) atoms. The standard InChI is InChI=1S/C20H22N2O3/c23-19(22-18-11-13-9-14(18)10-16(13)20(24)25)8-7-15-6-5-12-3-1-2-4-17(12)21-15/h1-6,13-14,16,18H,7-11H2,(H,22,23)(H,24,25)/t13-,14-,16-,18-/m1/s1. The van der Waals surface area contributed by atoms with Gasteiger partial charge in [0, 0.05) is 23.5 Å². The number of nitrogens with zero attached hydrogens (tertiary/aromatic N) is 1. The van der Waals surface area contributed by atoms with Crippen LogP contribution in [-0.4, -0.2) is 28.0 Å².